The average Bonchev–Trinajstić information content (AvgIpc) is 2.55. The zero-order chi connectivity index (χ0) is 16.2. The highest BCUT2D eigenvalue weighted by molar-refractivity contribution is 5.78. The Kier molecular flexibility index (Phi) is 5.34. The molecular formula is C19H29N3O. The first-order chi connectivity index (χ1) is 11.1. The van der Waals surface area contributed by atoms with Crippen molar-refractivity contribution in [1.82, 2.24) is 15.1 Å². The third-order valence-corrected chi connectivity index (χ3v) is 5.35. The van der Waals surface area contributed by atoms with Gasteiger partial charge in [0.2, 0.25) is 5.91 Å². The van der Waals surface area contributed by atoms with E-state index in [1.54, 1.807) is 0 Å². The van der Waals surface area contributed by atoms with E-state index in [0.29, 0.717) is 18.5 Å². The lowest BCUT2D eigenvalue weighted by Gasteiger charge is -2.37. The molecule has 1 aliphatic carbocycles. The van der Waals surface area contributed by atoms with E-state index >= 15 is 0 Å². The molecule has 23 heavy (non-hydrogen) atoms. The minimum absolute atomic E-state index is 0.171. The Bertz CT molecular complexity index is 545. The molecule has 0 bridgehead atoms. The van der Waals surface area contributed by atoms with Gasteiger partial charge in [0.25, 0.3) is 0 Å². The van der Waals surface area contributed by atoms with E-state index in [1.807, 2.05) is 0 Å². The summed E-state index contributed by atoms with van der Waals surface area (Å²) in [5.74, 6) is 0.651. The average molecular weight is 315 g/mol. The van der Waals surface area contributed by atoms with Gasteiger partial charge in [-0.1, -0.05) is 24.3 Å². The van der Waals surface area contributed by atoms with Gasteiger partial charge in [0.1, 0.15) is 0 Å². The Morgan fingerprint density at radius 2 is 2.13 bits per heavy atom. The van der Waals surface area contributed by atoms with Crippen LogP contribution in [-0.4, -0.2) is 61.5 Å². The Balaban J connectivity index is 1.50. The maximum atomic E-state index is 12.3. The third kappa shape index (κ3) is 4.12. The number of hydrogen-bond acceptors (Lipinski definition) is 3. The van der Waals surface area contributed by atoms with Crippen LogP contribution in [0.4, 0.5) is 0 Å². The number of rotatable bonds is 4. The van der Waals surface area contributed by atoms with Crippen LogP contribution in [0.3, 0.4) is 0 Å². The molecule has 1 N–H and O–H groups in total. The summed E-state index contributed by atoms with van der Waals surface area (Å²) >= 11 is 0. The number of nitrogens with one attached hydrogen (secondary N) is 1. The normalized spacial score (nSPS) is 25.8. The fourth-order valence-electron chi connectivity index (χ4n) is 3.96. The molecule has 1 aliphatic heterocycles. The van der Waals surface area contributed by atoms with Crippen LogP contribution >= 0.6 is 0 Å². The highest BCUT2D eigenvalue weighted by Crippen LogP contribution is 2.30. The van der Waals surface area contributed by atoms with E-state index in [4.69, 9.17) is 0 Å². The highest BCUT2D eigenvalue weighted by Gasteiger charge is 2.24. The summed E-state index contributed by atoms with van der Waals surface area (Å²) in [7, 11) is 2.15. The first-order valence-corrected chi connectivity index (χ1v) is 8.90. The van der Waals surface area contributed by atoms with Crippen molar-refractivity contribution in [3.05, 3.63) is 35.4 Å². The fourth-order valence-corrected chi connectivity index (χ4v) is 3.96. The molecule has 0 aromatic heterocycles. The van der Waals surface area contributed by atoms with Crippen molar-refractivity contribution in [2.45, 2.75) is 38.1 Å². The van der Waals surface area contributed by atoms with Gasteiger partial charge in [0.15, 0.2) is 0 Å². The fraction of sp³-hybridized carbons (Fsp3) is 0.632. The Morgan fingerprint density at radius 3 is 2.96 bits per heavy atom. The minimum atomic E-state index is 0.171. The van der Waals surface area contributed by atoms with Gasteiger partial charge in [-0.3, -0.25) is 9.69 Å². The molecule has 4 nitrogen and oxygen atoms in total. The highest BCUT2D eigenvalue weighted by atomic mass is 16.2. The maximum absolute atomic E-state index is 12.3. The molecular weight excluding hydrogens is 286 g/mol. The summed E-state index contributed by atoms with van der Waals surface area (Å²) in [4.78, 5) is 17.0. The van der Waals surface area contributed by atoms with Crippen LogP contribution in [0.5, 0.6) is 0 Å². The van der Waals surface area contributed by atoms with Crippen molar-refractivity contribution >= 4 is 5.91 Å². The number of carbonyl (C=O) groups excluding carboxylic acids is 1. The summed E-state index contributed by atoms with van der Waals surface area (Å²) in [6, 6.07) is 9.15. The standard InChI is InChI=1S/C19H29N3O/c1-15-13-21(2)10-11-22(15)14-19(23)20-12-17-8-5-7-16-6-3-4-9-18(16)17/h3-4,6,9,15,17H,5,7-8,10-14H2,1-2H3,(H,20,23)/t15-,17+/m1/s1. The summed E-state index contributed by atoms with van der Waals surface area (Å²) in [5, 5.41) is 3.18. The van der Waals surface area contributed by atoms with E-state index in [-0.39, 0.29) is 5.91 Å². The van der Waals surface area contributed by atoms with Gasteiger partial charge < -0.3 is 10.2 Å². The molecule has 2 atom stereocenters. The quantitative estimate of drug-likeness (QED) is 0.921. The Hall–Kier alpha value is -1.39. The molecule has 0 unspecified atom stereocenters. The van der Waals surface area contributed by atoms with E-state index < -0.39 is 0 Å². The molecule has 1 aromatic carbocycles. The molecule has 0 saturated carbocycles. The van der Waals surface area contributed by atoms with Crippen LogP contribution in [0.2, 0.25) is 0 Å². The molecule has 1 fully saturated rings. The van der Waals surface area contributed by atoms with Crippen molar-refractivity contribution in [2.24, 2.45) is 0 Å². The molecule has 0 radical (unpaired) electrons. The lowest BCUT2D eigenvalue weighted by Crippen LogP contribution is -2.53. The topological polar surface area (TPSA) is 35.6 Å². The molecule has 1 heterocycles. The first kappa shape index (κ1) is 16.5. The zero-order valence-corrected chi connectivity index (χ0v) is 14.4. The lowest BCUT2D eigenvalue weighted by molar-refractivity contribution is -0.123. The van der Waals surface area contributed by atoms with Crippen LogP contribution in [0, 0.1) is 0 Å². The van der Waals surface area contributed by atoms with E-state index in [1.165, 1.54) is 30.4 Å². The molecule has 126 valence electrons. The molecule has 0 spiro atoms. The zero-order valence-electron chi connectivity index (χ0n) is 14.4. The summed E-state index contributed by atoms with van der Waals surface area (Å²) < 4.78 is 0. The molecule has 1 aromatic rings. The predicted octanol–water partition coefficient (Wildman–Crippen LogP) is 1.86. The largest absolute Gasteiger partial charge is 0.354 e. The van der Waals surface area contributed by atoms with Gasteiger partial charge in [-0.05, 0) is 44.4 Å². The summed E-state index contributed by atoms with van der Waals surface area (Å²) in [5.41, 5.74) is 2.90. The molecule has 1 saturated heterocycles. The third-order valence-electron chi connectivity index (χ3n) is 5.35. The van der Waals surface area contributed by atoms with Crippen LogP contribution in [0.25, 0.3) is 0 Å². The van der Waals surface area contributed by atoms with Crippen molar-refractivity contribution in [3.63, 3.8) is 0 Å². The molecule has 2 aliphatic rings. The van der Waals surface area contributed by atoms with Crippen molar-refractivity contribution in [2.75, 3.05) is 39.8 Å². The summed E-state index contributed by atoms with van der Waals surface area (Å²) in [6.07, 6.45) is 3.59. The van der Waals surface area contributed by atoms with Crippen molar-refractivity contribution in [3.8, 4) is 0 Å². The van der Waals surface area contributed by atoms with Crippen molar-refractivity contribution in [1.29, 1.82) is 0 Å². The van der Waals surface area contributed by atoms with E-state index in [0.717, 1.165) is 26.2 Å². The smallest absolute Gasteiger partial charge is 0.234 e. The van der Waals surface area contributed by atoms with Crippen LogP contribution in [0.15, 0.2) is 24.3 Å². The van der Waals surface area contributed by atoms with Crippen LogP contribution in [0.1, 0.15) is 36.8 Å². The lowest BCUT2D eigenvalue weighted by atomic mass is 9.83. The predicted molar refractivity (Wildman–Crippen MR) is 93.7 cm³/mol. The number of carbonyl (C=O) groups is 1. The number of benzene rings is 1. The number of hydrogen-bond donors (Lipinski definition) is 1. The van der Waals surface area contributed by atoms with E-state index in [9.17, 15) is 4.79 Å². The minimum Gasteiger partial charge on any atom is -0.354 e. The second-order valence-electron chi connectivity index (χ2n) is 7.17. The number of fused-ring (bicyclic) bond motifs is 1. The number of piperazine rings is 1. The SMILES string of the molecule is C[C@@H]1CN(C)CCN1CC(=O)NC[C@@H]1CCCc2ccccc21. The Labute approximate surface area is 139 Å². The van der Waals surface area contributed by atoms with E-state index in [2.05, 4.69) is 53.4 Å². The monoisotopic (exact) mass is 315 g/mol. The number of likely N-dealkylation sites (N-methyl/N-ethyl adjacent to an activating group) is 1. The van der Waals surface area contributed by atoms with Gasteiger partial charge in [0.05, 0.1) is 6.54 Å². The van der Waals surface area contributed by atoms with Gasteiger partial charge >= 0.3 is 0 Å². The molecule has 1 amide bonds. The first-order valence-electron chi connectivity index (χ1n) is 8.90. The number of aryl methyl sites for hydroxylation is 1. The van der Waals surface area contributed by atoms with Crippen molar-refractivity contribution < 1.29 is 4.79 Å². The second-order valence-corrected chi connectivity index (χ2v) is 7.17. The summed E-state index contributed by atoms with van der Waals surface area (Å²) in [6.45, 7) is 6.59. The van der Waals surface area contributed by atoms with Gasteiger partial charge in [-0.2, -0.15) is 0 Å². The van der Waals surface area contributed by atoms with Crippen LogP contribution < -0.4 is 5.32 Å². The Morgan fingerprint density at radius 1 is 1.30 bits per heavy atom. The maximum Gasteiger partial charge on any atom is 0.234 e. The van der Waals surface area contributed by atoms with Crippen LogP contribution in [-0.2, 0) is 11.2 Å². The van der Waals surface area contributed by atoms with Gasteiger partial charge in [0, 0.05) is 38.1 Å². The van der Waals surface area contributed by atoms with Gasteiger partial charge in [-0.25, -0.2) is 0 Å². The number of nitrogens with zero attached hydrogens (tertiary/aromatic N) is 2. The van der Waals surface area contributed by atoms with Gasteiger partial charge in [-0.15, -0.1) is 0 Å². The second kappa shape index (κ2) is 7.45. The number of amides is 1. The molecule has 3 rings (SSSR count). The molecule has 4 heteroatoms.